The van der Waals surface area contributed by atoms with Gasteiger partial charge >= 0.3 is 47.4 Å². The summed E-state index contributed by atoms with van der Waals surface area (Å²) in [5.41, 5.74) is -8.28. The Balaban J connectivity index is 3.91. The summed E-state index contributed by atoms with van der Waals surface area (Å²) >= 11 is 0. The average molecular weight is 400 g/mol. The van der Waals surface area contributed by atoms with Crippen molar-refractivity contribution in [2.45, 2.75) is 47.4 Å². The minimum absolute atomic E-state index is 7.72. The van der Waals surface area contributed by atoms with Gasteiger partial charge in [-0.3, -0.25) is 0 Å². The summed E-state index contributed by atoms with van der Waals surface area (Å²) in [6.45, 7) is 0. The van der Waals surface area contributed by atoms with E-state index in [9.17, 15) is 70.2 Å². The van der Waals surface area contributed by atoms with Gasteiger partial charge in [-0.15, -0.1) is 0 Å². The highest BCUT2D eigenvalue weighted by Crippen LogP contribution is 2.74. The van der Waals surface area contributed by atoms with Gasteiger partial charge in [0.2, 0.25) is 0 Å². The fraction of sp³-hybridized carbons (Fsp3) is 1.00. The molecular formula is C8F16. The van der Waals surface area contributed by atoms with Crippen LogP contribution in [0.5, 0.6) is 0 Å². The van der Waals surface area contributed by atoms with E-state index in [1.807, 2.05) is 0 Å². The predicted molar refractivity (Wildman–Crippen MR) is 39.6 cm³/mol. The van der Waals surface area contributed by atoms with Gasteiger partial charge in [-0.05, 0) is 0 Å². The number of alkyl halides is 16. The highest BCUT2D eigenvalue weighted by molar-refractivity contribution is 5.32. The third kappa shape index (κ3) is 1.64. The van der Waals surface area contributed by atoms with Crippen LogP contribution in [0.25, 0.3) is 0 Å². The van der Waals surface area contributed by atoms with Crippen LogP contribution < -0.4 is 0 Å². The zero-order valence-electron chi connectivity index (χ0n) is 10.0. The molecule has 0 radical (unpaired) electrons. The summed E-state index contributed by atoms with van der Waals surface area (Å²) in [6.07, 6.45) is -7.73. The van der Waals surface area contributed by atoms with E-state index in [1.165, 1.54) is 0 Å². The lowest BCUT2D eigenvalue weighted by Gasteiger charge is -2.40. The largest absolute Gasteiger partial charge is 0.460 e. The van der Waals surface area contributed by atoms with E-state index in [2.05, 4.69) is 0 Å². The molecule has 0 nitrogen and oxygen atoms in total. The molecule has 16 heteroatoms. The minimum atomic E-state index is -8.41. The molecule has 0 bridgehead atoms. The van der Waals surface area contributed by atoms with Crippen LogP contribution in [-0.2, 0) is 0 Å². The lowest BCUT2D eigenvalue weighted by Crippen LogP contribution is -2.73. The number of hydrogen-bond acceptors (Lipinski definition) is 0. The van der Waals surface area contributed by atoms with Crippen LogP contribution in [0.2, 0.25) is 0 Å². The Morgan fingerprint density at radius 2 is 0.667 bits per heavy atom. The third-order valence-electron chi connectivity index (χ3n) is 3.23. The molecule has 144 valence electrons. The second-order valence-corrected chi connectivity index (χ2v) is 4.60. The third-order valence-corrected chi connectivity index (χ3v) is 3.23. The van der Waals surface area contributed by atoms with Crippen molar-refractivity contribution in [3.8, 4) is 0 Å². The Labute approximate surface area is 119 Å². The van der Waals surface area contributed by atoms with Crippen LogP contribution in [0.15, 0.2) is 0 Å². The van der Waals surface area contributed by atoms with Crippen LogP contribution in [-0.4, -0.2) is 47.4 Å². The van der Waals surface area contributed by atoms with Gasteiger partial charge in [0.25, 0.3) is 0 Å². The number of hydrogen-bond donors (Lipinski definition) is 0. The van der Waals surface area contributed by atoms with Gasteiger partial charge in [0.15, 0.2) is 0 Å². The lowest BCUT2D eigenvalue weighted by molar-refractivity contribution is -0.421. The molecule has 1 aliphatic carbocycles. The number of halogens is 16. The maximum Gasteiger partial charge on any atom is 0.460 e. The molecule has 24 heavy (non-hydrogen) atoms. The second-order valence-electron chi connectivity index (χ2n) is 4.60. The van der Waals surface area contributed by atoms with Crippen molar-refractivity contribution in [1.82, 2.24) is 0 Å². The van der Waals surface area contributed by atoms with Crippen LogP contribution >= 0.6 is 0 Å². The van der Waals surface area contributed by atoms with Gasteiger partial charge < -0.3 is 0 Å². The van der Waals surface area contributed by atoms with Crippen LogP contribution in [0.4, 0.5) is 70.2 Å². The summed E-state index contributed by atoms with van der Waals surface area (Å²) in [5.74, 6) is -48.0. The van der Waals surface area contributed by atoms with Crippen molar-refractivity contribution >= 4 is 0 Å². The van der Waals surface area contributed by atoms with E-state index >= 15 is 0 Å². The Morgan fingerprint density at radius 1 is 0.417 bits per heavy atom. The smallest absolute Gasteiger partial charge is 0.223 e. The predicted octanol–water partition coefficient (Wildman–Crippen LogP) is 5.08. The molecule has 1 saturated carbocycles. The molecule has 1 rings (SSSR count). The van der Waals surface area contributed by atoms with Crippen molar-refractivity contribution in [1.29, 1.82) is 0 Å². The van der Waals surface area contributed by atoms with E-state index in [-0.39, 0.29) is 0 Å². The molecule has 0 spiro atoms. The molecule has 1 fully saturated rings. The maximum atomic E-state index is 13.5. The quantitative estimate of drug-likeness (QED) is 0.568. The van der Waals surface area contributed by atoms with Gasteiger partial charge in [0.05, 0.1) is 0 Å². The standard InChI is InChI=1S/C8F16/c9-1(4(14,15)7(20,21)8(22,23)24)2(10,11)5(16,17)6(18,19)3(1,12)13. The Kier molecular flexibility index (Phi) is 3.78. The first kappa shape index (κ1) is 20.9. The van der Waals surface area contributed by atoms with E-state index < -0.39 is 47.4 Å². The highest BCUT2D eigenvalue weighted by atomic mass is 19.4. The van der Waals surface area contributed by atoms with Crippen LogP contribution in [0, 0.1) is 0 Å². The minimum Gasteiger partial charge on any atom is -0.223 e. The zero-order valence-corrected chi connectivity index (χ0v) is 10.0. The SMILES string of the molecule is FC(F)(F)C(F)(F)C(F)(F)C1(F)C(F)(F)C(F)(F)C(F)(F)C1(F)F. The molecule has 0 aliphatic heterocycles. The normalized spacial score (nSPS) is 28.0. The Morgan fingerprint density at radius 3 is 0.875 bits per heavy atom. The molecular weight excluding hydrogens is 400 g/mol. The summed E-state index contributed by atoms with van der Waals surface area (Å²) in [7, 11) is 0. The van der Waals surface area contributed by atoms with E-state index in [0.717, 1.165) is 0 Å². The molecule has 0 saturated heterocycles. The summed E-state index contributed by atoms with van der Waals surface area (Å²) in [4.78, 5) is 0. The average Bonchev–Trinajstić information content (AvgIpc) is 2.38. The van der Waals surface area contributed by atoms with E-state index in [1.54, 1.807) is 0 Å². The maximum absolute atomic E-state index is 13.5. The van der Waals surface area contributed by atoms with Crippen molar-refractivity contribution in [2.75, 3.05) is 0 Å². The summed E-state index contributed by atoms with van der Waals surface area (Å²) in [5, 5.41) is 0. The first-order chi connectivity index (χ1) is 10.0. The van der Waals surface area contributed by atoms with Crippen LogP contribution in [0.1, 0.15) is 0 Å². The second kappa shape index (κ2) is 4.34. The van der Waals surface area contributed by atoms with Crippen LogP contribution in [0.3, 0.4) is 0 Å². The van der Waals surface area contributed by atoms with Crippen molar-refractivity contribution < 1.29 is 70.2 Å². The topological polar surface area (TPSA) is 0 Å². The van der Waals surface area contributed by atoms with Crippen molar-refractivity contribution in [3.63, 3.8) is 0 Å². The highest BCUT2D eigenvalue weighted by Gasteiger charge is 3.08. The molecule has 0 heterocycles. The van der Waals surface area contributed by atoms with Gasteiger partial charge in [-0.2, -0.15) is 65.9 Å². The first-order valence-corrected chi connectivity index (χ1v) is 5.02. The van der Waals surface area contributed by atoms with Crippen molar-refractivity contribution in [3.05, 3.63) is 0 Å². The monoisotopic (exact) mass is 400 g/mol. The van der Waals surface area contributed by atoms with Crippen molar-refractivity contribution in [2.24, 2.45) is 0 Å². The van der Waals surface area contributed by atoms with Gasteiger partial charge in [0.1, 0.15) is 0 Å². The number of rotatable bonds is 2. The zero-order chi connectivity index (χ0) is 20.0. The van der Waals surface area contributed by atoms with E-state index in [0.29, 0.717) is 0 Å². The molecule has 0 aromatic heterocycles. The van der Waals surface area contributed by atoms with Gasteiger partial charge in [0, 0.05) is 0 Å². The first-order valence-electron chi connectivity index (χ1n) is 5.02. The summed E-state index contributed by atoms with van der Waals surface area (Å²) in [6, 6.07) is 0. The fourth-order valence-corrected chi connectivity index (χ4v) is 1.81. The Hall–Kier alpha value is -1.12. The molecule has 0 unspecified atom stereocenters. The molecule has 0 aromatic carbocycles. The molecule has 1 aliphatic rings. The van der Waals surface area contributed by atoms with E-state index in [4.69, 9.17) is 0 Å². The van der Waals surface area contributed by atoms with Gasteiger partial charge in [-0.1, -0.05) is 0 Å². The molecule has 0 N–H and O–H groups in total. The molecule has 0 aromatic rings. The summed E-state index contributed by atoms with van der Waals surface area (Å²) < 4.78 is 202. The Bertz CT molecular complexity index is 497. The lowest BCUT2D eigenvalue weighted by atomic mass is 9.85. The molecule has 0 amide bonds. The van der Waals surface area contributed by atoms with Gasteiger partial charge in [-0.25, -0.2) is 4.39 Å². The fourth-order valence-electron chi connectivity index (χ4n) is 1.81. The molecule has 0 atom stereocenters.